The maximum atomic E-state index is 12.2. The summed E-state index contributed by atoms with van der Waals surface area (Å²) >= 11 is 4.97. The summed E-state index contributed by atoms with van der Waals surface area (Å²) < 4.78 is 0.781. The van der Waals surface area contributed by atoms with Gasteiger partial charge in [0.2, 0.25) is 0 Å². The third-order valence-corrected chi connectivity index (χ3v) is 4.08. The predicted molar refractivity (Wildman–Crippen MR) is 81.7 cm³/mol. The number of carbonyl (C=O) groups excluding carboxylic acids is 1. The van der Waals surface area contributed by atoms with Gasteiger partial charge in [-0.3, -0.25) is 4.79 Å². The molecular formula is C13H14BrN3OS. The first kappa shape index (κ1) is 14.0. The van der Waals surface area contributed by atoms with Gasteiger partial charge in [0.25, 0.3) is 5.91 Å². The molecule has 0 saturated carbocycles. The average molecular weight is 340 g/mol. The largest absolute Gasteiger partial charge is 0.372 e. The van der Waals surface area contributed by atoms with E-state index in [9.17, 15) is 4.79 Å². The van der Waals surface area contributed by atoms with E-state index in [2.05, 4.69) is 36.9 Å². The van der Waals surface area contributed by atoms with Gasteiger partial charge in [-0.1, -0.05) is 0 Å². The number of amides is 1. The number of aromatic nitrogens is 1. The Morgan fingerprint density at radius 2 is 2.26 bits per heavy atom. The number of pyridine rings is 1. The van der Waals surface area contributed by atoms with Gasteiger partial charge in [0, 0.05) is 24.3 Å². The molecule has 2 N–H and O–H groups in total. The average Bonchev–Trinajstić information content (AvgIpc) is 2.81. The molecule has 0 fully saturated rings. The van der Waals surface area contributed by atoms with Crippen molar-refractivity contribution in [1.29, 1.82) is 0 Å². The van der Waals surface area contributed by atoms with Crippen LogP contribution in [0.1, 0.15) is 21.5 Å². The highest BCUT2D eigenvalue weighted by atomic mass is 79.9. The lowest BCUT2D eigenvalue weighted by atomic mass is 10.2. The first-order valence-electron chi connectivity index (χ1n) is 5.75. The van der Waals surface area contributed by atoms with Crippen LogP contribution in [0.3, 0.4) is 0 Å². The number of hydrogen-bond donors (Lipinski definition) is 2. The third kappa shape index (κ3) is 3.33. The summed E-state index contributed by atoms with van der Waals surface area (Å²) in [5.41, 5.74) is 2.88. The number of anilines is 1. The van der Waals surface area contributed by atoms with Gasteiger partial charge in [0.1, 0.15) is 5.82 Å². The van der Waals surface area contributed by atoms with Crippen LogP contribution in [0.15, 0.2) is 27.5 Å². The maximum Gasteiger partial charge on any atom is 0.255 e. The molecule has 2 aromatic rings. The van der Waals surface area contributed by atoms with E-state index in [1.54, 1.807) is 30.6 Å². The van der Waals surface area contributed by atoms with Crippen molar-refractivity contribution in [1.82, 2.24) is 10.3 Å². The monoisotopic (exact) mass is 339 g/mol. The van der Waals surface area contributed by atoms with Crippen molar-refractivity contribution in [3.05, 3.63) is 44.2 Å². The Morgan fingerprint density at radius 3 is 2.89 bits per heavy atom. The normalized spacial score (nSPS) is 10.3. The molecule has 0 spiro atoms. The topological polar surface area (TPSA) is 54.0 Å². The molecule has 2 heterocycles. The summed E-state index contributed by atoms with van der Waals surface area (Å²) in [6.07, 6.45) is 1.66. The lowest BCUT2D eigenvalue weighted by Gasteiger charge is -2.09. The fraction of sp³-hybridized carbons (Fsp3) is 0.231. The molecule has 2 aromatic heterocycles. The molecule has 0 aromatic carbocycles. The second kappa shape index (κ2) is 6.16. The first-order valence-corrected chi connectivity index (χ1v) is 7.48. The van der Waals surface area contributed by atoms with Crippen molar-refractivity contribution in [3.8, 4) is 0 Å². The molecule has 4 nitrogen and oxygen atoms in total. The van der Waals surface area contributed by atoms with Crippen molar-refractivity contribution < 1.29 is 4.79 Å². The zero-order valence-electron chi connectivity index (χ0n) is 10.7. The van der Waals surface area contributed by atoms with Gasteiger partial charge in [-0.15, -0.1) is 0 Å². The van der Waals surface area contributed by atoms with E-state index in [4.69, 9.17) is 0 Å². The number of thiophene rings is 1. The smallest absolute Gasteiger partial charge is 0.255 e. The quantitative estimate of drug-likeness (QED) is 0.899. The van der Waals surface area contributed by atoms with E-state index in [1.807, 2.05) is 12.3 Å². The van der Waals surface area contributed by atoms with Gasteiger partial charge in [-0.25, -0.2) is 4.98 Å². The zero-order chi connectivity index (χ0) is 13.8. The van der Waals surface area contributed by atoms with Crippen LogP contribution < -0.4 is 10.6 Å². The molecule has 0 radical (unpaired) electrons. The Bertz CT molecular complexity index is 597. The first-order chi connectivity index (χ1) is 9.11. The van der Waals surface area contributed by atoms with E-state index in [1.165, 1.54) is 5.56 Å². The summed E-state index contributed by atoms with van der Waals surface area (Å²) in [7, 11) is 1.75. The number of hydrogen-bond acceptors (Lipinski definition) is 4. The number of rotatable bonds is 4. The van der Waals surface area contributed by atoms with Crippen LogP contribution in [0.5, 0.6) is 0 Å². The highest BCUT2D eigenvalue weighted by molar-refractivity contribution is 9.10. The molecule has 6 heteroatoms. The number of halogens is 1. The molecule has 0 saturated heterocycles. The molecule has 100 valence electrons. The Labute approximate surface area is 124 Å². The highest BCUT2D eigenvalue weighted by Crippen LogP contribution is 2.18. The lowest BCUT2D eigenvalue weighted by Crippen LogP contribution is -2.24. The van der Waals surface area contributed by atoms with Gasteiger partial charge >= 0.3 is 0 Å². The maximum absolute atomic E-state index is 12.2. The van der Waals surface area contributed by atoms with E-state index in [-0.39, 0.29) is 5.91 Å². The van der Waals surface area contributed by atoms with Gasteiger partial charge in [-0.2, -0.15) is 11.3 Å². The van der Waals surface area contributed by atoms with E-state index in [0.29, 0.717) is 17.9 Å². The molecule has 0 bridgehead atoms. The molecule has 19 heavy (non-hydrogen) atoms. The number of aryl methyl sites for hydroxylation is 1. The van der Waals surface area contributed by atoms with Crippen LogP contribution in [0.4, 0.5) is 5.82 Å². The van der Waals surface area contributed by atoms with Gasteiger partial charge in [0.05, 0.1) is 5.56 Å². The third-order valence-electron chi connectivity index (χ3n) is 2.74. The Hall–Kier alpha value is -1.40. The van der Waals surface area contributed by atoms with Gasteiger partial charge in [-0.05, 0) is 50.8 Å². The number of nitrogens with zero attached hydrogens (tertiary/aromatic N) is 1. The zero-order valence-corrected chi connectivity index (χ0v) is 13.1. The summed E-state index contributed by atoms with van der Waals surface area (Å²) in [6.45, 7) is 2.57. The van der Waals surface area contributed by atoms with Crippen LogP contribution in [-0.2, 0) is 6.54 Å². The summed E-state index contributed by atoms with van der Waals surface area (Å²) in [6, 6.07) is 1.76. The molecule has 2 rings (SSSR count). The van der Waals surface area contributed by atoms with Crippen molar-refractivity contribution >= 4 is 39.0 Å². The van der Waals surface area contributed by atoms with Crippen molar-refractivity contribution in [2.75, 3.05) is 12.4 Å². The fourth-order valence-corrected chi connectivity index (χ4v) is 2.84. The molecule has 0 aliphatic carbocycles. The van der Waals surface area contributed by atoms with Crippen molar-refractivity contribution in [2.45, 2.75) is 13.5 Å². The Morgan fingerprint density at radius 1 is 1.47 bits per heavy atom. The van der Waals surface area contributed by atoms with Crippen LogP contribution in [0.25, 0.3) is 0 Å². The molecule has 0 unspecified atom stereocenters. The van der Waals surface area contributed by atoms with Crippen LogP contribution in [0.2, 0.25) is 0 Å². The SMILES string of the molecule is CNc1ncc(Br)cc1C(=O)NCc1cscc1C. The molecular weight excluding hydrogens is 326 g/mol. The van der Waals surface area contributed by atoms with Crippen LogP contribution >= 0.6 is 27.3 Å². The van der Waals surface area contributed by atoms with Gasteiger partial charge in [0.15, 0.2) is 0 Å². The second-order valence-electron chi connectivity index (χ2n) is 4.06. The standard InChI is InChI=1S/C13H14BrN3OS/c1-8-6-19-7-9(8)4-17-13(18)11-3-10(14)5-16-12(11)15-2/h3,5-7H,4H2,1-2H3,(H,15,16)(H,17,18). The van der Waals surface area contributed by atoms with E-state index >= 15 is 0 Å². The van der Waals surface area contributed by atoms with E-state index < -0.39 is 0 Å². The molecule has 0 aliphatic rings. The molecule has 1 amide bonds. The van der Waals surface area contributed by atoms with Crippen LogP contribution in [-0.4, -0.2) is 17.9 Å². The minimum absolute atomic E-state index is 0.135. The minimum atomic E-state index is -0.135. The summed E-state index contributed by atoms with van der Waals surface area (Å²) in [5, 5.41) is 9.95. The highest BCUT2D eigenvalue weighted by Gasteiger charge is 2.12. The Balaban J connectivity index is 2.12. The lowest BCUT2D eigenvalue weighted by molar-refractivity contribution is 0.0951. The van der Waals surface area contributed by atoms with Crippen molar-refractivity contribution in [3.63, 3.8) is 0 Å². The van der Waals surface area contributed by atoms with Crippen molar-refractivity contribution in [2.24, 2.45) is 0 Å². The Kier molecular flexibility index (Phi) is 4.55. The predicted octanol–water partition coefficient (Wildman–Crippen LogP) is 3.19. The van der Waals surface area contributed by atoms with E-state index in [0.717, 1.165) is 10.0 Å². The summed E-state index contributed by atoms with van der Waals surface area (Å²) in [5.74, 6) is 0.437. The fourth-order valence-electron chi connectivity index (χ4n) is 1.65. The van der Waals surface area contributed by atoms with Crippen LogP contribution in [0, 0.1) is 6.92 Å². The van der Waals surface area contributed by atoms with Gasteiger partial charge < -0.3 is 10.6 Å². The molecule has 0 aliphatic heterocycles. The summed E-state index contributed by atoms with van der Waals surface area (Å²) in [4.78, 5) is 16.3. The second-order valence-corrected chi connectivity index (χ2v) is 5.72. The number of nitrogens with one attached hydrogen (secondary N) is 2. The molecule has 0 atom stereocenters. The number of carbonyl (C=O) groups is 1. The minimum Gasteiger partial charge on any atom is -0.372 e.